The SMILES string of the molecule is CCCCCCCCCC/C=C\CCCCCCCCCCCCCCCCCCCCCCCCCCCCCCCC(=O)NC(CO)C(O)/C=C/CCCCCCCCCCCCCCCCCCC. The van der Waals surface area contributed by atoms with Crippen molar-refractivity contribution in [2.75, 3.05) is 6.61 Å². The predicted molar refractivity (Wildman–Crippen MR) is 322 cm³/mol. The fourth-order valence-corrected chi connectivity index (χ4v) is 10.8. The van der Waals surface area contributed by atoms with E-state index in [1.807, 2.05) is 6.08 Å². The van der Waals surface area contributed by atoms with E-state index in [0.717, 1.165) is 25.7 Å². The summed E-state index contributed by atoms with van der Waals surface area (Å²) in [5.41, 5.74) is 0. The zero-order valence-electron chi connectivity index (χ0n) is 49.5. The third-order valence-corrected chi connectivity index (χ3v) is 15.9. The molecule has 0 heterocycles. The lowest BCUT2D eigenvalue weighted by molar-refractivity contribution is -0.123. The van der Waals surface area contributed by atoms with Crippen LogP contribution in [0.15, 0.2) is 24.3 Å². The van der Waals surface area contributed by atoms with Crippen molar-refractivity contribution >= 4 is 5.91 Å². The fourth-order valence-electron chi connectivity index (χ4n) is 10.8. The third-order valence-electron chi connectivity index (χ3n) is 15.9. The van der Waals surface area contributed by atoms with Crippen LogP contribution in [0.3, 0.4) is 0 Å². The van der Waals surface area contributed by atoms with E-state index in [4.69, 9.17) is 0 Å². The number of carbonyl (C=O) groups is 1. The minimum absolute atomic E-state index is 0.0551. The molecule has 2 unspecified atom stereocenters. The molecule has 4 heteroatoms. The minimum atomic E-state index is -0.837. The van der Waals surface area contributed by atoms with Gasteiger partial charge in [-0.25, -0.2) is 0 Å². The predicted octanol–water partition coefficient (Wildman–Crippen LogP) is 22.6. The number of rotatable bonds is 63. The average Bonchev–Trinajstić information content (AvgIpc) is 3.39. The van der Waals surface area contributed by atoms with Crippen LogP contribution in [0.5, 0.6) is 0 Å². The Hall–Kier alpha value is -1.13. The molecular weight excluding hydrogens is 879 g/mol. The summed E-state index contributed by atoms with van der Waals surface area (Å²) in [6.45, 7) is 4.35. The van der Waals surface area contributed by atoms with Crippen LogP contribution >= 0.6 is 0 Å². The van der Waals surface area contributed by atoms with Crippen molar-refractivity contribution < 1.29 is 15.0 Å². The van der Waals surface area contributed by atoms with Crippen molar-refractivity contribution in [1.29, 1.82) is 0 Å². The van der Waals surface area contributed by atoms with Crippen molar-refractivity contribution in [1.82, 2.24) is 5.32 Å². The molecule has 3 N–H and O–H groups in total. The highest BCUT2D eigenvalue weighted by atomic mass is 16.3. The summed E-state index contributed by atoms with van der Waals surface area (Å²) < 4.78 is 0. The quantitative estimate of drug-likeness (QED) is 0.0420. The lowest BCUT2D eigenvalue weighted by atomic mass is 10.0. The van der Waals surface area contributed by atoms with Gasteiger partial charge in [0.15, 0.2) is 0 Å². The normalized spacial score (nSPS) is 12.8. The van der Waals surface area contributed by atoms with Gasteiger partial charge in [-0.2, -0.15) is 0 Å². The van der Waals surface area contributed by atoms with Gasteiger partial charge in [-0.1, -0.05) is 359 Å². The van der Waals surface area contributed by atoms with Gasteiger partial charge in [0.2, 0.25) is 5.91 Å². The summed E-state index contributed by atoms with van der Waals surface area (Å²) in [6, 6.07) is -0.619. The molecule has 0 rings (SSSR count). The van der Waals surface area contributed by atoms with Gasteiger partial charge >= 0.3 is 0 Å². The summed E-state index contributed by atoms with van der Waals surface area (Å²) >= 11 is 0. The van der Waals surface area contributed by atoms with Gasteiger partial charge < -0.3 is 15.5 Å². The zero-order valence-corrected chi connectivity index (χ0v) is 49.5. The number of nitrogens with one attached hydrogen (secondary N) is 1. The number of aliphatic hydroxyl groups excluding tert-OH is 2. The molecule has 0 fully saturated rings. The smallest absolute Gasteiger partial charge is 0.220 e. The molecular formula is C68H133NO3. The van der Waals surface area contributed by atoms with Gasteiger partial charge in [-0.05, 0) is 44.9 Å². The molecule has 0 radical (unpaired) electrons. The molecule has 2 atom stereocenters. The number of carbonyl (C=O) groups excluding carboxylic acids is 1. The number of hydrogen-bond acceptors (Lipinski definition) is 3. The Labute approximate surface area is 453 Å². The standard InChI is InChI=1S/C68H133NO3/c1-3-5-7-9-11-13-15-17-19-21-23-24-25-26-27-28-29-30-31-32-33-34-35-36-37-38-39-40-41-42-43-44-46-48-50-52-54-56-58-60-62-64-68(72)69-66(65-70)67(71)63-61-59-57-55-53-51-49-47-45-22-20-18-16-14-12-10-8-6-4-2/h21,23,61,63,66-67,70-71H,3-20,22,24-60,62,64-65H2,1-2H3,(H,69,72)/b23-21-,63-61+. The monoisotopic (exact) mass is 1010 g/mol. The highest BCUT2D eigenvalue weighted by molar-refractivity contribution is 5.76. The largest absolute Gasteiger partial charge is 0.394 e. The first-order valence-corrected chi connectivity index (χ1v) is 33.6. The maximum absolute atomic E-state index is 12.5. The highest BCUT2D eigenvalue weighted by Gasteiger charge is 2.18. The van der Waals surface area contributed by atoms with E-state index >= 15 is 0 Å². The lowest BCUT2D eigenvalue weighted by Gasteiger charge is -2.20. The number of amides is 1. The number of hydrogen-bond donors (Lipinski definition) is 3. The van der Waals surface area contributed by atoms with Crippen LogP contribution in [0, 0.1) is 0 Å². The molecule has 4 nitrogen and oxygen atoms in total. The average molecular weight is 1010 g/mol. The van der Waals surface area contributed by atoms with E-state index in [2.05, 4.69) is 31.3 Å². The second-order valence-electron chi connectivity index (χ2n) is 23.2. The summed E-state index contributed by atoms with van der Waals surface area (Å²) in [5, 5.41) is 23.2. The van der Waals surface area contributed by atoms with Crippen molar-refractivity contribution in [3.63, 3.8) is 0 Å². The molecule has 0 aliphatic rings. The summed E-state index contributed by atoms with van der Waals surface area (Å²) in [4.78, 5) is 12.5. The van der Waals surface area contributed by atoms with Crippen LogP contribution in [0.1, 0.15) is 386 Å². The van der Waals surface area contributed by atoms with Crippen molar-refractivity contribution in [3.8, 4) is 0 Å². The summed E-state index contributed by atoms with van der Waals surface area (Å²) in [6.07, 6.45) is 86.9. The molecule has 0 aromatic heterocycles. The van der Waals surface area contributed by atoms with Gasteiger partial charge in [-0.15, -0.1) is 0 Å². The third kappa shape index (κ3) is 59.7. The molecule has 1 amide bonds. The van der Waals surface area contributed by atoms with Crippen molar-refractivity contribution in [2.45, 2.75) is 398 Å². The second kappa shape index (κ2) is 64.2. The molecule has 0 saturated heterocycles. The van der Waals surface area contributed by atoms with Crippen LogP contribution in [-0.4, -0.2) is 34.9 Å². The lowest BCUT2D eigenvalue weighted by Crippen LogP contribution is -2.45. The number of unbranched alkanes of at least 4 members (excludes halogenated alkanes) is 54. The van der Waals surface area contributed by atoms with E-state index in [9.17, 15) is 15.0 Å². The maximum atomic E-state index is 12.5. The zero-order chi connectivity index (χ0) is 52.0. The first-order chi connectivity index (χ1) is 35.7. The van der Waals surface area contributed by atoms with Gasteiger partial charge in [0, 0.05) is 6.42 Å². The molecule has 0 aliphatic carbocycles. The number of allylic oxidation sites excluding steroid dienone is 3. The van der Waals surface area contributed by atoms with Crippen LogP contribution in [-0.2, 0) is 4.79 Å². The first-order valence-electron chi connectivity index (χ1n) is 33.6. The summed E-state index contributed by atoms with van der Waals surface area (Å²) in [7, 11) is 0. The van der Waals surface area contributed by atoms with Crippen molar-refractivity contribution in [3.05, 3.63) is 24.3 Å². The van der Waals surface area contributed by atoms with Gasteiger partial charge in [-0.3, -0.25) is 4.79 Å². The molecule has 0 aliphatic heterocycles. The van der Waals surface area contributed by atoms with Crippen LogP contribution in [0.25, 0.3) is 0 Å². The Morgan fingerprint density at radius 1 is 0.319 bits per heavy atom. The first kappa shape index (κ1) is 70.9. The Bertz CT molecular complexity index is 1060. The molecule has 0 saturated carbocycles. The van der Waals surface area contributed by atoms with E-state index in [1.54, 1.807) is 6.08 Å². The maximum Gasteiger partial charge on any atom is 0.220 e. The van der Waals surface area contributed by atoms with Crippen LogP contribution in [0.2, 0.25) is 0 Å². The highest BCUT2D eigenvalue weighted by Crippen LogP contribution is 2.19. The second-order valence-corrected chi connectivity index (χ2v) is 23.2. The molecule has 428 valence electrons. The molecule has 0 aromatic carbocycles. The summed E-state index contributed by atoms with van der Waals surface area (Å²) in [5.74, 6) is -0.0551. The Morgan fingerprint density at radius 3 is 0.764 bits per heavy atom. The van der Waals surface area contributed by atoms with Gasteiger partial charge in [0.05, 0.1) is 18.8 Å². The fraction of sp³-hybridized carbons (Fsp3) is 0.926. The Kier molecular flexibility index (Phi) is 63.2. The molecule has 0 bridgehead atoms. The van der Waals surface area contributed by atoms with Crippen LogP contribution < -0.4 is 5.32 Å². The van der Waals surface area contributed by atoms with E-state index in [-0.39, 0.29) is 12.5 Å². The molecule has 0 aromatic rings. The Balaban J connectivity index is 3.36. The molecule has 72 heavy (non-hydrogen) atoms. The van der Waals surface area contributed by atoms with E-state index in [0.29, 0.717) is 6.42 Å². The van der Waals surface area contributed by atoms with Gasteiger partial charge in [0.25, 0.3) is 0 Å². The Morgan fingerprint density at radius 2 is 0.528 bits per heavy atom. The van der Waals surface area contributed by atoms with Crippen molar-refractivity contribution in [2.24, 2.45) is 0 Å². The minimum Gasteiger partial charge on any atom is -0.394 e. The topological polar surface area (TPSA) is 69.6 Å². The molecule has 0 spiro atoms. The van der Waals surface area contributed by atoms with Crippen LogP contribution in [0.4, 0.5) is 0 Å². The van der Waals surface area contributed by atoms with Gasteiger partial charge in [0.1, 0.15) is 0 Å². The number of aliphatic hydroxyl groups is 2. The van der Waals surface area contributed by atoms with E-state index < -0.39 is 12.1 Å². The van der Waals surface area contributed by atoms with E-state index in [1.165, 1.54) is 340 Å².